The fourth-order valence-electron chi connectivity index (χ4n) is 3.86. The largest absolute Gasteiger partial charge is 0.372 e. The minimum atomic E-state index is 0.0862. The maximum atomic E-state index is 12.8. The molecule has 5 nitrogen and oxygen atoms in total. The molecule has 152 valence electrons. The average molecular weight is 410 g/mol. The van der Waals surface area contributed by atoms with Gasteiger partial charge >= 0.3 is 0 Å². The third kappa shape index (κ3) is 4.82. The molecule has 1 amide bonds. The van der Waals surface area contributed by atoms with E-state index in [0.29, 0.717) is 18.8 Å². The molecule has 0 N–H and O–H groups in total. The molecule has 2 heterocycles. The van der Waals surface area contributed by atoms with Gasteiger partial charge in [-0.25, -0.2) is 4.98 Å². The number of aromatic nitrogens is 2. The van der Waals surface area contributed by atoms with Gasteiger partial charge in [-0.3, -0.25) is 4.79 Å². The van der Waals surface area contributed by atoms with Crippen LogP contribution in [-0.4, -0.2) is 51.4 Å². The fraction of sp³-hybridized carbons (Fsp3) is 0.391. The second-order valence-corrected chi connectivity index (χ2v) is 8.56. The Hall–Kier alpha value is -2.31. The molecule has 1 aliphatic rings. The predicted molar refractivity (Wildman–Crippen MR) is 117 cm³/mol. The van der Waals surface area contributed by atoms with Gasteiger partial charge in [-0.2, -0.15) is 0 Å². The SMILES string of the molecule is C[C@H]1CN(C(=O)CSc2nc3ccccc3n2CCc2ccccc2)C[C@H](C)O1. The van der Waals surface area contributed by atoms with E-state index in [1.807, 2.05) is 43.0 Å². The second-order valence-electron chi connectivity index (χ2n) is 7.62. The van der Waals surface area contributed by atoms with Crippen molar-refractivity contribution in [2.75, 3.05) is 18.8 Å². The van der Waals surface area contributed by atoms with Crippen LogP contribution >= 0.6 is 11.8 Å². The number of ether oxygens (including phenoxy) is 1. The molecule has 0 saturated carbocycles. The van der Waals surface area contributed by atoms with Crippen LogP contribution in [0.3, 0.4) is 0 Å². The molecule has 2 atom stereocenters. The summed E-state index contributed by atoms with van der Waals surface area (Å²) >= 11 is 1.53. The Kier molecular flexibility index (Phi) is 6.21. The Balaban J connectivity index is 1.48. The summed E-state index contributed by atoms with van der Waals surface area (Å²) in [5, 5.41) is 0.907. The number of imidazole rings is 1. The van der Waals surface area contributed by atoms with E-state index in [0.717, 1.165) is 29.2 Å². The van der Waals surface area contributed by atoms with E-state index >= 15 is 0 Å². The molecule has 6 heteroatoms. The molecule has 0 radical (unpaired) electrons. The maximum Gasteiger partial charge on any atom is 0.233 e. The summed E-state index contributed by atoms with van der Waals surface area (Å²) in [4.78, 5) is 19.5. The first-order valence-corrected chi connectivity index (χ1v) is 11.1. The number of rotatable bonds is 6. The Labute approximate surface area is 176 Å². The number of fused-ring (bicyclic) bond motifs is 1. The number of hydrogen-bond donors (Lipinski definition) is 0. The van der Waals surface area contributed by atoms with Crippen LogP contribution in [0.4, 0.5) is 0 Å². The summed E-state index contributed by atoms with van der Waals surface area (Å²) in [7, 11) is 0. The van der Waals surface area contributed by atoms with Crippen molar-refractivity contribution in [3.05, 3.63) is 60.2 Å². The normalized spacial score (nSPS) is 19.6. The van der Waals surface area contributed by atoms with Gasteiger partial charge in [0, 0.05) is 19.6 Å². The lowest BCUT2D eigenvalue weighted by atomic mass is 10.1. The molecule has 0 aliphatic carbocycles. The van der Waals surface area contributed by atoms with Gasteiger partial charge in [-0.15, -0.1) is 0 Å². The van der Waals surface area contributed by atoms with E-state index in [1.54, 1.807) is 0 Å². The van der Waals surface area contributed by atoms with E-state index in [9.17, 15) is 4.79 Å². The number of benzene rings is 2. The van der Waals surface area contributed by atoms with Crippen LogP contribution in [0.15, 0.2) is 59.8 Å². The van der Waals surface area contributed by atoms with Crippen LogP contribution in [0.2, 0.25) is 0 Å². The van der Waals surface area contributed by atoms with Gasteiger partial charge in [0.25, 0.3) is 0 Å². The molecule has 1 aliphatic heterocycles. The lowest BCUT2D eigenvalue weighted by molar-refractivity contribution is -0.140. The van der Waals surface area contributed by atoms with Gasteiger partial charge in [0.05, 0.1) is 29.0 Å². The first kappa shape index (κ1) is 20.0. The Morgan fingerprint density at radius 1 is 1.07 bits per heavy atom. The van der Waals surface area contributed by atoms with Gasteiger partial charge in [0.1, 0.15) is 0 Å². The first-order chi connectivity index (χ1) is 14.1. The smallest absolute Gasteiger partial charge is 0.233 e. The van der Waals surface area contributed by atoms with Crippen molar-refractivity contribution < 1.29 is 9.53 Å². The third-order valence-corrected chi connectivity index (χ3v) is 6.14. The minimum Gasteiger partial charge on any atom is -0.372 e. The summed E-state index contributed by atoms with van der Waals surface area (Å²) in [5.74, 6) is 0.548. The Morgan fingerprint density at radius 2 is 1.76 bits per heavy atom. The predicted octanol–water partition coefficient (Wildman–Crippen LogP) is 4.01. The van der Waals surface area contributed by atoms with Gasteiger partial charge in [0.2, 0.25) is 5.91 Å². The van der Waals surface area contributed by atoms with E-state index in [-0.39, 0.29) is 18.1 Å². The van der Waals surface area contributed by atoms with Crippen LogP contribution in [-0.2, 0) is 22.5 Å². The minimum absolute atomic E-state index is 0.0862. The third-order valence-electron chi connectivity index (χ3n) is 5.18. The fourth-order valence-corrected chi connectivity index (χ4v) is 4.81. The molecular weight excluding hydrogens is 382 g/mol. The van der Waals surface area contributed by atoms with Crippen LogP contribution in [0.5, 0.6) is 0 Å². The molecule has 4 rings (SSSR count). The summed E-state index contributed by atoms with van der Waals surface area (Å²) < 4.78 is 7.99. The highest BCUT2D eigenvalue weighted by atomic mass is 32.2. The molecule has 0 bridgehead atoms. The van der Waals surface area contributed by atoms with Crippen molar-refractivity contribution in [1.82, 2.24) is 14.5 Å². The van der Waals surface area contributed by atoms with Gasteiger partial charge < -0.3 is 14.2 Å². The lowest BCUT2D eigenvalue weighted by Gasteiger charge is -2.35. The number of hydrogen-bond acceptors (Lipinski definition) is 4. The quantitative estimate of drug-likeness (QED) is 0.577. The van der Waals surface area contributed by atoms with Crippen molar-refractivity contribution in [2.45, 2.75) is 44.2 Å². The standard InChI is InChI=1S/C23H27N3O2S/c1-17-14-25(15-18(2)28-17)22(27)16-29-23-24-20-10-6-7-11-21(20)26(23)13-12-19-8-4-3-5-9-19/h3-11,17-18H,12-16H2,1-2H3/t17-,18-/m0/s1. The topological polar surface area (TPSA) is 47.4 Å². The molecule has 1 saturated heterocycles. The first-order valence-electron chi connectivity index (χ1n) is 10.2. The maximum absolute atomic E-state index is 12.8. The summed E-state index contributed by atoms with van der Waals surface area (Å²) in [6.45, 7) is 6.20. The number of morpholine rings is 1. The number of aryl methyl sites for hydroxylation is 2. The van der Waals surface area contributed by atoms with E-state index < -0.39 is 0 Å². The average Bonchev–Trinajstić information content (AvgIpc) is 3.08. The van der Waals surface area contributed by atoms with Crippen LogP contribution in [0.1, 0.15) is 19.4 Å². The zero-order chi connectivity index (χ0) is 20.2. The number of amides is 1. The molecule has 1 fully saturated rings. The highest BCUT2D eigenvalue weighted by Gasteiger charge is 2.26. The van der Waals surface area contributed by atoms with Crippen molar-refractivity contribution >= 4 is 28.7 Å². The summed E-state index contributed by atoms with van der Waals surface area (Å²) in [5.41, 5.74) is 3.39. The molecular formula is C23H27N3O2S. The van der Waals surface area contributed by atoms with Crippen molar-refractivity contribution in [1.29, 1.82) is 0 Å². The number of thioether (sulfide) groups is 1. The van der Waals surface area contributed by atoms with Crippen LogP contribution < -0.4 is 0 Å². The molecule has 3 aromatic rings. The zero-order valence-electron chi connectivity index (χ0n) is 17.0. The Morgan fingerprint density at radius 3 is 2.52 bits per heavy atom. The number of para-hydroxylation sites is 2. The lowest BCUT2D eigenvalue weighted by Crippen LogP contribution is -2.48. The molecule has 0 unspecified atom stereocenters. The van der Waals surface area contributed by atoms with E-state index in [2.05, 4.69) is 34.9 Å². The number of carbonyl (C=O) groups is 1. The highest BCUT2D eigenvalue weighted by Crippen LogP contribution is 2.25. The number of nitrogens with zero attached hydrogens (tertiary/aromatic N) is 3. The Bertz CT molecular complexity index is 963. The molecule has 29 heavy (non-hydrogen) atoms. The van der Waals surface area contributed by atoms with E-state index in [1.165, 1.54) is 17.3 Å². The second kappa shape index (κ2) is 9.01. The summed E-state index contributed by atoms with van der Waals surface area (Å²) in [6.07, 6.45) is 1.10. The van der Waals surface area contributed by atoms with Gasteiger partial charge in [-0.1, -0.05) is 54.2 Å². The molecule has 0 spiro atoms. The van der Waals surface area contributed by atoms with Crippen LogP contribution in [0, 0.1) is 0 Å². The highest BCUT2D eigenvalue weighted by molar-refractivity contribution is 7.99. The van der Waals surface area contributed by atoms with Gasteiger partial charge in [-0.05, 0) is 38.0 Å². The van der Waals surface area contributed by atoms with E-state index in [4.69, 9.17) is 9.72 Å². The van der Waals surface area contributed by atoms with Crippen molar-refractivity contribution in [3.8, 4) is 0 Å². The molecule has 1 aromatic heterocycles. The van der Waals surface area contributed by atoms with Gasteiger partial charge in [0.15, 0.2) is 5.16 Å². The molecule has 2 aromatic carbocycles. The zero-order valence-corrected chi connectivity index (χ0v) is 17.8. The summed E-state index contributed by atoms with van der Waals surface area (Å²) in [6, 6.07) is 18.7. The number of carbonyl (C=O) groups excluding carboxylic acids is 1. The van der Waals surface area contributed by atoms with Crippen molar-refractivity contribution in [3.63, 3.8) is 0 Å². The monoisotopic (exact) mass is 409 g/mol. The van der Waals surface area contributed by atoms with Crippen LogP contribution in [0.25, 0.3) is 11.0 Å². The van der Waals surface area contributed by atoms with Crippen molar-refractivity contribution in [2.24, 2.45) is 0 Å².